The van der Waals surface area contributed by atoms with Crippen molar-refractivity contribution in [3.8, 4) is 56.2 Å². The van der Waals surface area contributed by atoms with Crippen LogP contribution in [0.25, 0.3) is 97.9 Å². The summed E-state index contributed by atoms with van der Waals surface area (Å²) in [6.07, 6.45) is 0. The lowest BCUT2D eigenvalue weighted by Crippen LogP contribution is -2.15. The van der Waals surface area contributed by atoms with Gasteiger partial charge in [-0.05, 0) is 73.1 Å². The van der Waals surface area contributed by atoms with Crippen LogP contribution in [0.4, 0.5) is 0 Å². The van der Waals surface area contributed by atoms with Crippen LogP contribution in [0.15, 0.2) is 170 Å². The summed E-state index contributed by atoms with van der Waals surface area (Å²) in [5.74, 6) is 0.722. The molecule has 2 aromatic heterocycles. The van der Waals surface area contributed by atoms with Crippen molar-refractivity contribution in [2.24, 2.45) is 0 Å². The van der Waals surface area contributed by atoms with E-state index in [4.69, 9.17) is 9.97 Å². The van der Waals surface area contributed by atoms with E-state index in [1.165, 1.54) is 75.1 Å². The molecule has 0 saturated heterocycles. The molecule has 0 N–H and O–H groups in total. The maximum Gasteiger partial charge on any atom is 0.160 e. The first-order chi connectivity index (χ1) is 26.5. The predicted octanol–water partition coefficient (Wildman–Crippen LogP) is 14.1. The van der Waals surface area contributed by atoms with E-state index in [1.807, 2.05) is 17.4 Å². The lowest BCUT2D eigenvalue weighted by atomic mass is 9.80. The van der Waals surface area contributed by atoms with Gasteiger partial charge in [0.1, 0.15) is 0 Å². The van der Waals surface area contributed by atoms with Crippen LogP contribution >= 0.6 is 11.3 Å². The van der Waals surface area contributed by atoms with Gasteiger partial charge in [0.25, 0.3) is 0 Å². The lowest BCUT2D eigenvalue weighted by Gasteiger charge is -2.23. The maximum atomic E-state index is 5.28. The zero-order valence-electron chi connectivity index (χ0n) is 30.0. The molecule has 2 nitrogen and oxygen atoms in total. The Bertz CT molecular complexity index is 3130. The normalized spacial score (nSPS) is 13.1. The van der Waals surface area contributed by atoms with Gasteiger partial charge in [-0.3, -0.25) is 0 Å². The molecule has 11 rings (SSSR count). The largest absolute Gasteiger partial charge is 0.228 e. The van der Waals surface area contributed by atoms with Crippen LogP contribution in [-0.4, -0.2) is 9.97 Å². The topological polar surface area (TPSA) is 25.8 Å². The fourth-order valence-electron chi connectivity index (χ4n) is 8.97. The number of nitrogens with zero attached hydrogens (tertiary/aromatic N) is 2. The van der Waals surface area contributed by atoms with Crippen molar-refractivity contribution in [3.05, 3.63) is 181 Å². The average Bonchev–Trinajstić information content (AvgIpc) is 3.72. The minimum atomic E-state index is -0.124. The number of fused-ring (bicyclic) bond motifs is 9. The summed E-state index contributed by atoms with van der Waals surface area (Å²) in [5, 5.41) is 7.59. The first-order valence-electron chi connectivity index (χ1n) is 18.6. The zero-order valence-corrected chi connectivity index (χ0v) is 30.8. The van der Waals surface area contributed by atoms with E-state index < -0.39 is 0 Å². The minimum absolute atomic E-state index is 0.124. The summed E-state index contributed by atoms with van der Waals surface area (Å²) in [4.78, 5) is 10.5. The molecule has 254 valence electrons. The Morgan fingerprint density at radius 2 is 1.09 bits per heavy atom. The third-order valence-electron chi connectivity index (χ3n) is 11.5. The quantitative estimate of drug-likeness (QED) is 0.182. The Balaban J connectivity index is 1.11. The molecule has 0 aliphatic heterocycles. The fourth-order valence-corrected chi connectivity index (χ4v) is 10.1. The second-order valence-electron chi connectivity index (χ2n) is 14.9. The Hall–Kier alpha value is -6.42. The third kappa shape index (κ3) is 4.65. The highest BCUT2D eigenvalue weighted by Crippen LogP contribution is 2.55. The molecule has 0 amide bonds. The molecular formula is C51H34N2S. The molecule has 0 unspecified atom stereocenters. The van der Waals surface area contributed by atoms with E-state index in [-0.39, 0.29) is 5.41 Å². The Kier molecular flexibility index (Phi) is 6.80. The summed E-state index contributed by atoms with van der Waals surface area (Å²) in [7, 11) is 0. The molecule has 0 saturated carbocycles. The highest BCUT2D eigenvalue weighted by molar-refractivity contribution is 7.25. The van der Waals surface area contributed by atoms with Crippen molar-refractivity contribution in [2.45, 2.75) is 19.3 Å². The molecule has 3 heteroatoms. The first-order valence-corrected chi connectivity index (χ1v) is 19.4. The van der Waals surface area contributed by atoms with E-state index in [9.17, 15) is 0 Å². The Morgan fingerprint density at radius 3 is 1.94 bits per heavy atom. The van der Waals surface area contributed by atoms with Crippen molar-refractivity contribution < 1.29 is 0 Å². The number of rotatable bonds is 4. The summed E-state index contributed by atoms with van der Waals surface area (Å²) < 4.78 is 2.56. The van der Waals surface area contributed by atoms with Gasteiger partial charge in [-0.2, -0.15) is 0 Å². The second-order valence-corrected chi connectivity index (χ2v) is 16.0. The van der Waals surface area contributed by atoms with Crippen LogP contribution in [0.3, 0.4) is 0 Å². The summed E-state index contributed by atoms with van der Waals surface area (Å²) >= 11 is 1.83. The third-order valence-corrected chi connectivity index (χ3v) is 12.6. The highest BCUT2D eigenvalue weighted by Gasteiger charge is 2.38. The van der Waals surface area contributed by atoms with Crippen LogP contribution in [0, 0.1) is 0 Å². The summed E-state index contributed by atoms with van der Waals surface area (Å²) in [6, 6.07) is 61.6. The molecule has 0 atom stereocenters. The van der Waals surface area contributed by atoms with Gasteiger partial charge in [0.15, 0.2) is 5.82 Å². The number of hydrogen-bond donors (Lipinski definition) is 0. The molecule has 0 fully saturated rings. The molecule has 2 heterocycles. The fraction of sp³-hybridized carbons (Fsp3) is 0.0588. The number of thiophene rings is 1. The van der Waals surface area contributed by atoms with E-state index in [0.717, 1.165) is 33.9 Å². The van der Waals surface area contributed by atoms with Gasteiger partial charge < -0.3 is 0 Å². The molecule has 8 aromatic carbocycles. The molecule has 0 bridgehead atoms. The van der Waals surface area contributed by atoms with Crippen LogP contribution < -0.4 is 0 Å². The molecule has 10 aromatic rings. The average molecular weight is 707 g/mol. The number of hydrogen-bond acceptors (Lipinski definition) is 3. The minimum Gasteiger partial charge on any atom is -0.228 e. The molecular weight excluding hydrogens is 673 g/mol. The van der Waals surface area contributed by atoms with Crippen LogP contribution in [0.2, 0.25) is 0 Å². The van der Waals surface area contributed by atoms with Gasteiger partial charge >= 0.3 is 0 Å². The molecule has 1 aliphatic carbocycles. The van der Waals surface area contributed by atoms with E-state index in [2.05, 4.69) is 178 Å². The Morgan fingerprint density at radius 1 is 0.426 bits per heavy atom. The first kappa shape index (κ1) is 31.1. The van der Waals surface area contributed by atoms with Gasteiger partial charge in [0, 0.05) is 42.3 Å². The molecule has 1 aliphatic rings. The van der Waals surface area contributed by atoms with E-state index in [0.29, 0.717) is 0 Å². The summed E-state index contributed by atoms with van der Waals surface area (Å²) in [6.45, 7) is 4.76. The number of aromatic nitrogens is 2. The standard InChI is InChI=1S/C51H34N2S/c1-51(2)43-21-12-20-41(48(43)42-26-23-31-13-6-7-16-34(31)49(42)51)37-27-28-38(36-18-9-8-17-35(36)37)45-30-44(52-50(53-45)32-14-4-3-5-15-32)33-24-25-40-39-19-10-11-22-46(39)54-47(40)29-33/h3-30H,1-2H3. The van der Waals surface area contributed by atoms with Crippen molar-refractivity contribution >= 4 is 53.1 Å². The van der Waals surface area contributed by atoms with Crippen molar-refractivity contribution in [3.63, 3.8) is 0 Å². The van der Waals surface area contributed by atoms with Gasteiger partial charge in [0.05, 0.1) is 11.4 Å². The monoisotopic (exact) mass is 706 g/mol. The smallest absolute Gasteiger partial charge is 0.160 e. The molecule has 0 radical (unpaired) electrons. The van der Waals surface area contributed by atoms with Crippen LogP contribution in [0.5, 0.6) is 0 Å². The summed E-state index contributed by atoms with van der Waals surface area (Å²) in [5.41, 5.74) is 12.9. The SMILES string of the molecule is CC1(C)c2cccc(-c3ccc(-c4cc(-c5ccc6c(c5)sc5ccccc56)nc(-c5ccccc5)n4)c4ccccc34)c2-c2ccc3ccccc3c21. The second kappa shape index (κ2) is 11.8. The van der Waals surface area contributed by atoms with Gasteiger partial charge in [-0.25, -0.2) is 9.97 Å². The Labute approximate surface area is 318 Å². The molecule has 0 spiro atoms. The van der Waals surface area contributed by atoms with Crippen molar-refractivity contribution in [1.29, 1.82) is 0 Å². The van der Waals surface area contributed by atoms with Gasteiger partial charge in [-0.15, -0.1) is 11.3 Å². The predicted molar refractivity (Wildman–Crippen MR) is 229 cm³/mol. The maximum absolute atomic E-state index is 5.28. The lowest BCUT2D eigenvalue weighted by molar-refractivity contribution is 0.666. The number of benzene rings is 8. The zero-order chi connectivity index (χ0) is 36.0. The highest BCUT2D eigenvalue weighted by atomic mass is 32.1. The van der Waals surface area contributed by atoms with Gasteiger partial charge in [0.2, 0.25) is 0 Å². The van der Waals surface area contributed by atoms with E-state index >= 15 is 0 Å². The van der Waals surface area contributed by atoms with Crippen LogP contribution in [0.1, 0.15) is 25.0 Å². The van der Waals surface area contributed by atoms with E-state index in [1.54, 1.807) is 0 Å². The van der Waals surface area contributed by atoms with Crippen molar-refractivity contribution in [1.82, 2.24) is 9.97 Å². The van der Waals surface area contributed by atoms with Crippen LogP contribution in [-0.2, 0) is 5.41 Å². The molecule has 54 heavy (non-hydrogen) atoms. The van der Waals surface area contributed by atoms with Crippen molar-refractivity contribution in [2.75, 3.05) is 0 Å². The van der Waals surface area contributed by atoms with Gasteiger partial charge in [-0.1, -0.05) is 166 Å².